The van der Waals surface area contributed by atoms with Gasteiger partial charge in [-0.15, -0.1) is 0 Å². The molecular weight excluding hydrogens is 322 g/mol. The van der Waals surface area contributed by atoms with Gasteiger partial charge in [0.15, 0.2) is 11.6 Å². The average molecular weight is 339 g/mol. The van der Waals surface area contributed by atoms with E-state index >= 15 is 0 Å². The highest BCUT2D eigenvalue weighted by molar-refractivity contribution is 5.91. The Bertz CT molecular complexity index is 874. The van der Waals surface area contributed by atoms with Crippen LogP contribution in [0.25, 0.3) is 11.5 Å². The predicted molar refractivity (Wildman–Crippen MR) is 89.1 cm³/mol. The van der Waals surface area contributed by atoms with Crippen molar-refractivity contribution in [1.82, 2.24) is 20.4 Å². The summed E-state index contributed by atoms with van der Waals surface area (Å²) in [5.74, 6) is 1.92. The molecule has 1 fully saturated rings. The third-order valence-electron chi connectivity index (χ3n) is 4.11. The van der Waals surface area contributed by atoms with Gasteiger partial charge < -0.3 is 19.2 Å². The van der Waals surface area contributed by atoms with Crippen LogP contribution in [0.1, 0.15) is 22.8 Å². The van der Waals surface area contributed by atoms with Crippen LogP contribution in [0.5, 0.6) is 0 Å². The molecule has 1 amide bonds. The molecule has 0 bridgehead atoms. The molecule has 1 atom stereocenters. The van der Waals surface area contributed by atoms with Crippen molar-refractivity contribution >= 4 is 11.7 Å². The number of hydrogen-bond donors (Lipinski definition) is 1. The number of rotatable bonds is 4. The molecule has 0 saturated carbocycles. The van der Waals surface area contributed by atoms with E-state index in [-0.39, 0.29) is 11.9 Å². The molecule has 0 spiro atoms. The average Bonchev–Trinajstić information content (AvgIpc) is 3.36. The van der Waals surface area contributed by atoms with Crippen LogP contribution in [-0.4, -0.2) is 40.2 Å². The summed E-state index contributed by atoms with van der Waals surface area (Å²) >= 11 is 0. The van der Waals surface area contributed by atoms with E-state index in [4.69, 9.17) is 8.94 Å². The van der Waals surface area contributed by atoms with E-state index < -0.39 is 0 Å². The second-order valence-corrected chi connectivity index (χ2v) is 5.90. The predicted octanol–water partition coefficient (Wildman–Crippen LogP) is 2.04. The lowest BCUT2D eigenvalue weighted by molar-refractivity contribution is 0.0912. The van der Waals surface area contributed by atoms with Crippen LogP contribution in [0.4, 0.5) is 5.82 Å². The topological polar surface area (TPSA) is 97.3 Å². The second-order valence-electron chi connectivity index (χ2n) is 5.90. The fourth-order valence-corrected chi connectivity index (χ4v) is 2.96. The summed E-state index contributed by atoms with van der Waals surface area (Å²) in [6, 6.07) is 7.12. The lowest BCUT2D eigenvalue weighted by atomic mass is 10.2. The molecule has 128 valence electrons. The number of hydrogen-bond acceptors (Lipinski definition) is 7. The van der Waals surface area contributed by atoms with E-state index in [1.807, 2.05) is 12.1 Å². The van der Waals surface area contributed by atoms with Crippen molar-refractivity contribution in [3.8, 4) is 11.5 Å². The number of carbonyl (C=O) groups is 1. The highest BCUT2D eigenvalue weighted by atomic mass is 16.5. The first-order valence-corrected chi connectivity index (χ1v) is 8.06. The highest BCUT2D eigenvalue weighted by Gasteiger charge is 2.28. The van der Waals surface area contributed by atoms with Gasteiger partial charge in [-0.05, 0) is 37.6 Å². The summed E-state index contributed by atoms with van der Waals surface area (Å²) in [6.07, 6.45) is 4.05. The molecule has 0 aromatic carbocycles. The number of furan rings is 1. The second kappa shape index (κ2) is 6.39. The molecular formula is C17H17N5O3. The van der Waals surface area contributed by atoms with E-state index in [0.717, 1.165) is 24.3 Å². The Morgan fingerprint density at radius 2 is 2.28 bits per heavy atom. The monoisotopic (exact) mass is 339 g/mol. The Morgan fingerprint density at radius 1 is 1.36 bits per heavy atom. The van der Waals surface area contributed by atoms with Gasteiger partial charge in [0.1, 0.15) is 5.82 Å². The van der Waals surface area contributed by atoms with Gasteiger partial charge in [-0.3, -0.25) is 4.79 Å². The molecule has 0 radical (unpaired) electrons. The van der Waals surface area contributed by atoms with Crippen LogP contribution in [0.3, 0.4) is 0 Å². The lowest BCUT2D eigenvalue weighted by Gasteiger charge is -2.19. The van der Waals surface area contributed by atoms with Crippen molar-refractivity contribution < 1.29 is 13.7 Å². The number of pyridine rings is 1. The normalized spacial score (nSPS) is 17.0. The van der Waals surface area contributed by atoms with Crippen LogP contribution in [0.2, 0.25) is 0 Å². The Balaban J connectivity index is 1.50. The minimum atomic E-state index is -0.203. The van der Waals surface area contributed by atoms with Gasteiger partial charge in [-0.1, -0.05) is 5.16 Å². The maximum atomic E-state index is 12.1. The van der Waals surface area contributed by atoms with Crippen molar-refractivity contribution in [3.05, 3.63) is 48.3 Å². The number of carbonyl (C=O) groups excluding carboxylic acids is 1. The minimum Gasteiger partial charge on any atom is -0.459 e. The molecule has 4 heterocycles. The Morgan fingerprint density at radius 3 is 3.04 bits per heavy atom. The van der Waals surface area contributed by atoms with Gasteiger partial charge in [0.25, 0.3) is 11.8 Å². The van der Waals surface area contributed by atoms with Crippen LogP contribution in [0.15, 0.2) is 45.7 Å². The smallest absolute Gasteiger partial charge is 0.287 e. The molecule has 1 N–H and O–H groups in total. The molecule has 1 aliphatic rings. The summed E-state index contributed by atoms with van der Waals surface area (Å²) in [5, 5.41) is 6.83. The number of nitrogens with zero attached hydrogens (tertiary/aromatic N) is 4. The Labute approximate surface area is 143 Å². The third-order valence-corrected chi connectivity index (χ3v) is 4.11. The maximum Gasteiger partial charge on any atom is 0.287 e. The van der Waals surface area contributed by atoms with Gasteiger partial charge in [0.2, 0.25) is 0 Å². The van der Waals surface area contributed by atoms with Crippen LogP contribution >= 0.6 is 0 Å². The van der Waals surface area contributed by atoms with Gasteiger partial charge in [-0.2, -0.15) is 4.98 Å². The van der Waals surface area contributed by atoms with Crippen LogP contribution in [-0.2, 0) is 0 Å². The number of amides is 1. The first-order valence-electron chi connectivity index (χ1n) is 8.06. The Kier molecular flexibility index (Phi) is 3.93. The quantitative estimate of drug-likeness (QED) is 0.777. The SMILES string of the molecule is Cc1noc(-c2cccnc2N2CC[C@H](NC(=O)c3ccco3)C2)n1. The summed E-state index contributed by atoms with van der Waals surface area (Å²) < 4.78 is 10.4. The molecule has 8 nitrogen and oxygen atoms in total. The third kappa shape index (κ3) is 3.10. The van der Waals surface area contributed by atoms with E-state index in [2.05, 4.69) is 25.3 Å². The first kappa shape index (κ1) is 15.4. The van der Waals surface area contributed by atoms with Crippen molar-refractivity contribution in [3.63, 3.8) is 0 Å². The van der Waals surface area contributed by atoms with Gasteiger partial charge in [-0.25, -0.2) is 4.98 Å². The summed E-state index contributed by atoms with van der Waals surface area (Å²) in [5.41, 5.74) is 0.793. The molecule has 0 unspecified atom stereocenters. The molecule has 3 aromatic rings. The zero-order valence-electron chi connectivity index (χ0n) is 13.7. The molecule has 25 heavy (non-hydrogen) atoms. The van der Waals surface area contributed by atoms with E-state index in [9.17, 15) is 4.79 Å². The van der Waals surface area contributed by atoms with E-state index in [0.29, 0.717) is 24.0 Å². The van der Waals surface area contributed by atoms with Crippen molar-refractivity contribution in [2.24, 2.45) is 0 Å². The standard InChI is InChI=1S/C17H17N5O3/c1-11-19-17(25-21-11)13-4-2-7-18-15(13)22-8-6-12(10-22)20-16(23)14-5-3-9-24-14/h2-5,7,9,12H,6,8,10H2,1H3,(H,20,23)/t12-/m0/s1. The largest absolute Gasteiger partial charge is 0.459 e. The highest BCUT2D eigenvalue weighted by Crippen LogP contribution is 2.29. The fraction of sp³-hybridized carbons (Fsp3) is 0.294. The van der Waals surface area contributed by atoms with Crippen molar-refractivity contribution in [1.29, 1.82) is 0 Å². The molecule has 4 rings (SSSR count). The van der Waals surface area contributed by atoms with Crippen molar-refractivity contribution in [2.75, 3.05) is 18.0 Å². The summed E-state index contributed by atoms with van der Waals surface area (Å²) in [4.78, 5) is 23.0. The zero-order valence-corrected chi connectivity index (χ0v) is 13.7. The Hall–Kier alpha value is -3.16. The molecule has 3 aromatic heterocycles. The van der Waals surface area contributed by atoms with Gasteiger partial charge >= 0.3 is 0 Å². The minimum absolute atomic E-state index is 0.0249. The first-order chi connectivity index (χ1) is 12.2. The van der Waals surface area contributed by atoms with Gasteiger partial charge in [0, 0.05) is 25.3 Å². The molecule has 1 aliphatic heterocycles. The lowest BCUT2D eigenvalue weighted by Crippen LogP contribution is -2.37. The summed E-state index contributed by atoms with van der Waals surface area (Å²) in [6.45, 7) is 3.21. The maximum absolute atomic E-state index is 12.1. The van der Waals surface area contributed by atoms with Gasteiger partial charge in [0.05, 0.1) is 11.8 Å². The zero-order chi connectivity index (χ0) is 17.2. The van der Waals surface area contributed by atoms with Crippen molar-refractivity contribution in [2.45, 2.75) is 19.4 Å². The number of nitrogens with one attached hydrogen (secondary N) is 1. The number of aromatic nitrogens is 3. The van der Waals surface area contributed by atoms with Crippen LogP contribution in [0, 0.1) is 6.92 Å². The molecule has 1 saturated heterocycles. The van der Waals surface area contributed by atoms with Crippen LogP contribution < -0.4 is 10.2 Å². The number of aryl methyl sites for hydroxylation is 1. The number of anilines is 1. The van der Waals surface area contributed by atoms with E-state index in [1.54, 1.807) is 25.3 Å². The molecule has 0 aliphatic carbocycles. The summed E-state index contributed by atoms with van der Waals surface area (Å²) in [7, 11) is 0. The fourth-order valence-electron chi connectivity index (χ4n) is 2.96. The molecule has 8 heteroatoms. The van der Waals surface area contributed by atoms with E-state index in [1.165, 1.54) is 6.26 Å².